The molecule has 0 bridgehead atoms. The first-order chi connectivity index (χ1) is 5.92. The molecule has 0 amide bonds. The SMILES string of the molecule is ClCCn1cnc2cccnc21. The molecule has 0 radical (unpaired) electrons. The van der Waals surface area contributed by atoms with E-state index in [0.717, 1.165) is 17.7 Å². The van der Waals surface area contributed by atoms with Crippen molar-refractivity contribution in [2.24, 2.45) is 0 Å². The predicted molar refractivity (Wildman–Crippen MR) is 48.2 cm³/mol. The monoisotopic (exact) mass is 181 g/mol. The van der Waals surface area contributed by atoms with E-state index in [1.54, 1.807) is 12.5 Å². The second kappa shape index (κ2) is 3.11. The lowest BCUT2D eigenvalue weighted by atomic mass is 10.4. The molecular weight excluding hydrogens is 174 g/mol. The normalized spacial score (nSPS) is 10.8. The van der Waals surface area contributed by atoms with Crippen LogP contribution in [0.25, 0.3) is 11.2 Å². The Morgan fingerprint density at radius 3 is 3.17 bits per heavy atom. The highest BCUT2D eigenvalue weighted by molar-refractivity contribution is 6.17. The van der Waals surface area contributed by atoms with Crippen LogP contribution in [0.4, 0.5) is 0 Å². The predicted octanol–water partition coefficient (Wildman–Crippen LogP) is 1.67. The van der Waals surface area contributed by atoms with Gasteiger partial charge in [-0.2, -0.15) is 0 Å². The summed E-state index contributed by atoms with van der Waals surface area (Å²) < 4.78 is 1.95. The summed E-state index contributed by atoms with van der Waals surface area (Å²) in [4.78, 5) is 8.38. The fourth-order valence-electron chi connectivity index (χ4n) is 1.15. The van der Waals surface area contributed by atoms with E-state index in [1.165, 1.54) is 0 Å². The van der Waals surface area contributed by atoms with E-state index in [4.69, 9.17) is 11.6 Å². The topological polar surface area (TPSA) is 30.7 Å². The number of aryl methyl sites for hydroxylation is 1. The van der Waals surface area contributed by atoms with Gasteiger partial charge in [0, 0.05) is 18.6 Å². The Kier molecular flexibility index (Phi) is 1.96. The fourth-order valence-corrected chi connectivity index (χ4v) is 1.33. The Bertz CT molecular complexity index is 382. The van der Waals surface area contributed by atoms with Gasteiger partial charge in [-0.05, 0) is 12.1 Å². The molecule has 0 saturated heterocycles. The summed E-state index contributed by atoms with van der Waals surface area (Å²) >= 11 is 5.62. The highest BCUT2D eigenvalue weighted by atomic mass is 35.5. The molecule has 2 rings (SSSR count). The average Bonchev–Trinajstić information content (AvgIpc) is 2.50. The number of hydrogen-bond acceptors (Lipinski definition) is 2. The van der Waals surface area contributed by atoms with Gasteiger partial charge in [-0.25, -0.2) is 9.97 Å². The second-order valence-electron chi connectivity index (χ2n) is 2.47. The van der Waals surface area contributed by atoms with Crippen LogP contribution in [-0.4, -0.2) is 20.4 Å². The second-order valence-corrected chi connectivity index (χ2v) is 2.85. The van der Waals surface area contributed by atoms with Gasteiger partial charge >= 0.3 is 0 Å². The quantitative estimate of drug-likeness (QED) is 0.660. The van der Waals surface area contributed by atoms with Gasteiger partial charge in [0.2, 0.25) is 0 Å². The maximum atomic E-state index is 5.62. The third-order valence-corrected chi connectivity index (χ3v) is 1.87. The van der Waals surface area contributed by atoms with Crippen molar-refractivity contribution in [2.75, 3.05) is 5.88 Å². The standard InChI is InChI=1S/C8H8ClN3/c9-3-5-12-6-11-7-2-1-4-10-8(7)12/h1-2,4,6H,3,5H2. The van der Waals surface area contributed by atoms with Gasteiger partial charge in [0.25, 0.3) is 0 Å². The van der Waals surface area contributed by atoms with E-state index in [9.17, 15) is 0 Å². The zero-order valence-electron chi connectivity index (χ0n) is 6.44. The van der Waals surface area contributed by atoms with Crippen LogP contribution in [0, 0.1) is 0 Å². The third kappa shape index (κ3) is 1.16. The van der Waals surface area contributed by atoms with E-state index >= 15 is 0 Å². The molecule has 0 aromatic carbocycles. The molecule has 0 aliphatic carbocycles. The van der Waals surface area contributed by atoms with Crippen molar-refractivity contribution in [3.05, 3.63) is 24.7 Å². The molecule has 0 saturated carbocycles. The number of halogens is 1. The minimum atomic E-state index is 0.585. The number of imidazole rings is 1. The van der Waals surface area contributed by atoms with Gasteiger partial charge in [0.05, 0.1) is 6.33 Å². The Labute approximate surface area is 75.0 Å². The van der Waals surface area contributed by atoms with E-state index in [2.05, 4.69) is 9.97 Å². The average molecular weight is 182 g/mol. The largest absolute Gasteiger partial charge is 0.314 e. The molecule has 12 heavy (non-hydrogen) atoms. The first kappa shape index (κ1) is 7.55. The van der Waals surface area contributed by atoms with Crippen molar-refractivity contribution in [1.29, 1.82) is 0 Å². The number of nitrogens with zero attached hydrogens (tertiary/aromatic N) is 3. The molecule has 2 aromatic heterocycles. The van der Waals surface area contributed by atoms with Crippen LogP contribution in [0.1, 0.15) is 0 Å². The minimum Gasteiger partial charge on any atom is -0.314 e. The molecule has 0 N–H and O–H groups in total. The van der Waals surface area contributed by atoms with Gasteiger partial charge in [0.1, 0.15) is 5.52 Å². The highest BCUT2D eigenvalue weighted by Gasteiger charge is 2.00. The van der Waals surface area contributed by atoms with E-state index in [-0.39, 0.29) is 0 Å². The highest BCUT2D eigenvalue weighted by Crippen LogP contribution is 2.07. The summed E-state index contributed by atoms with van der Waals surface area (Å²) in [5.41, 5.74) is 1.82. The minimum absolute atomic E-state index is 0.585. The number of aromatic nitrogens is 3. The van der Waals surface area contributed by atoms with Crippen LogP contribution in [0.3, 0.4) is 0 Å². The van der Waals surface area contributed by atoms with E-state index in [0.29, 0.717) is 5.88 Å². The smallest absolute Gasteiger partial charge is 0.159 e. The molecule has 2 aromatic rings. The Balaban J connectivity index is 2.55. The van der Waals surface area contributed by atoms with E-state index in [1.807, 2.05) is 16.7 Å². The fraction of sp³-hybridized carbons (Fsp3) is 0.250. The lowest BCUT2D eigenvalue weighted by Crippen LogP contribution is -1.97. The maximum absolute atomic E-state index is 5.62. The zero-order valence-corrected chi connectivity index (χ0v) is 7.20. The molecule has 0 unspecified atom stereocenters. The molecule has 0 aliphatic heterocycles. The van der Waals surface area contributed by atoms with E-state index < -0.39 is 0 Å². The Hall–Kier alpha value is -1.09. The summed E-state index contributed by atoms with van der Waals surface area (Å²) in [6.45, 7) is 0.759. The van der Waals surface area contributed by atoms with Crippen molar-refractivity contribution < 1.29 is 0 Å². The molecule has 0 atom stereocenters. The van der Waals surface area contributed by atoms with Crippen LogP contribution in [0.15, 0.2) is 24.7 Å². The summed E-state index contributed by atoms with van der Waals surface area (Å²) in [6, 6.07) is 3.81. The number of hydrogen-bond donors (Lipinski definition) is 0. The number of alkyl halides is 1. The van der Waals surface area contributed by atoms with Crippen molar-refractivity contribution in [1.82, 2.24) is 14.5 Å². The maximum Gasteiger partial charge on any atom is 0.159 e. The summed E-state index contributed by atoms with van der Waals surface area (Å²) in [5.74, 6) is 0.585. The number of fused-ring (bicyclic) bond motifs is 1. The zero-order chi connectivity index (χ0) is 8.39. The van der Waals surface area contributed by atoms with Crippen molar-refractivity contribution in [3.63, 3.8) is 0 Å². The van der Waals surface area contributed by atoms with Gasteiger partial charge in [-0.1, -0.05) is 0 Å². The first-order valence-electron chi connectivity index (χ1n) is 3.73. The molecule has 4 heteroatoms. The van der Waals surface area contributed by atoms with Gasteiger partial charge in [0.15, 0.2) is 5.65 Å². The van der Waals surface area contributed by atoms with Gasteiger partial charge < -0.3 is 4.57 Å². The van der Waals surface area contributed by atoms with Gasteiger partial charge in [-0.3, -0.25) is 0 Å². The molecule has 0 spiro atoms. The van der Waals surface area contributed by atoms with Crippen LogP contribution in [0.2, 0.25) is 0 Å². The number of pyridine rings is 1. The molecule has 0 fully saturated rings. The number of rotatable bonds is 2. The summed E-state index contributed by atoms with van der Waals surface area (Å²) in [6.07, 6.45) is 3.52. The van der Waals surface area contributed by atoms with Crippen molar-refractivity contribution in [3.8, 4) is 0 Å². The lowest BCUT2D eigenvalue weighted by Gasteiger charge is -1.97. The molecule has 62 valence electrons. The van der Waals surface area contributed by atoms with Crippen molar-refractivity contribution in [2.45, 2.75) is 6.54 Å². The molecule has 0 aliphatic rings. The summed E-state index contributed by atoms with van der Waals surface area (Å²) in [5, 5.41) is 0. The van der Waals surface area contributed by atoms with Crippen LogP contribution in [-0.2, 0) is 6.54 Å². The molecule has 2 heterocycles. The Morgan fingerprint density at radius 1 is 1.42 bits per heavy atom. The summed E-state index contributed by atoms with van der Waals surface area (Å²) in [7, 11) is 0. The van der Waals surface area contributed by atoms with Crippen LogP contribution >= 0.6 is 11.6 Å². The lowest BCUT2D eigenvalue weighted by molar-refractivity contribution is 0.784. The molecular formula is C8H8ClN3. The van der Waals surface area contributed by atoms with Gasteiger partial charge in [-0.15, -0.1) is 11.6 Å². The Morgan fingerprint density at radius 2 is 2.33 bits per heavy atom. The molecule has 3 nitrogen and oxygen atoms in total. The van der Waals surface area contributed by atoms with Crippen LogP contribution < -0.4 is 0 Å². The van der Waals surface area contributed by atoms with Crippen molar-refractivity contribution >= 4 is 22.8 Å². The first-order valence-corrected chi connectivity index (χ1v) is 4.27. The van der Waals surface area contributed by atoms with Crippen LogP contribution in [0.5, 0.6) is 0 Å². The third-order valence-electron chi connectivity index (χ3n) is 1.70.